The molecule has 0 amide bonds. The van der Waals surface area contributed by atoms with Gasteiger partial charge in [0.1, 0.15) is 137 Å². The van der Waals surface area contributed by atoms with E-state index in [0.29, 0.717) is 11.0 Å². The Morgan fingerprint density at radius 1 is 0.418 bits per heavy atom. The molecule has 9 aromatic carbocycles. The molecule has 326 valence electrons. The first kappa shape index (κ1) is 51.1. The highest BCUT2D eigenvalue weighted by atomic mass is 16.3. The van der Waals surface area contributed by atoms with Crippen LogP contribution in [0.5, 0.6) is 0 Å². The SMILES string of the molecule is [B]c1c([B])c([B])c(-c2c([B])c([B])c([B])c([B])c2/C(N=Cc2c([B])c([B])c([B])c3oc4c([B])c([B])c([B])c([B])c4c23)=N/C(=N)n2c3ccccc3c3ccc4c(c32)-c2ccccc2C42c3ccccc3-c3ccccc32)c([B])c1[B]. The van der Waals surface area contributed by atoms with E-state index in [1.807, 2.05) is 30.3 Å². The van der Waals surface area contributed by atoms with Crippen molar-refractivity contribution in [2.45, 2.75) is 5.41 Å². The number of rotatable bonds is 3. The van der Waals surface area contributed by atoms with Crippen LogP contribution in [-0.2, 0) is 5.41 Å². The quantitative estimate of drug-likeness (QED) is 0.108. The van der Waals surface area contributed by atoms with E-state index in [4.69, 9.17) is 140 Å². The normalized spacial score (nSPS) is 13.3. The zero-order chi connectivity index (χ0) is 55.6. The van der Waals surface area contributed by atoms with Crippen molar-refractivity contribution in [2.75, 3.05) is 0 Å². The first-order valence-electron chi connectivity index (χ1n) is 24.6. The molecule has 0 bridgehead atoms. The maximum Gasteiger partial charge on any atom is 0.229 e. The molecule has 2 heterocycles. The highest BCUT2D eigenvalue weighted by molar-refractivity contribution is 6.72. The van der Waals surface area contributed by atoms with Crippen LogP contribution in [0.2, 0.25) is 0 Å². The van der Waals surface area contributed by atoms with Crippen LogP contribution in [0.4, 0.5) is 0 Å². The van der Waals surface area contributed by atoms with Gasteiger partial charge in [0.25, 0.3) is 0 Å². The number of hydrogen-bond donors (Lipinski definition) is 1. The lowest BCUT2D eigenvalue weighted by Gasteiger charge is -2.30. The van der Waals surface area contributed by atoms with Crippen LogP contribution in [0.15, 0.2) is 124 Å². The zero-order valence-corrected chi connectivity index (χ0v) is 42.0. The molecule has 1 N–H and O–H groups in total. The highest BCUT2D eigenvalue weighted by Crippen LogP contribution is 2.64. The Morgan fingerprint density at radius 2 is 0.886 bits per heavy atom. The molecule has 13 rings (SSSR count). The minimum Gasteiger partial charge on any atom is -0.457 e. The van der Waals surface area contributed by atoms with Gasteiger partial charge in [0.15, 0.2) is 5.84 Å². The molecule has 32 radical (unpaired) electrons. The van der Waals surface area contributed by atoms with Crippen molar-refractivity contribution in [1.29, 1.82) is 5.41 Å². The summed E-state index contributed by atoms with van der Waals surface area (Å²) in [4.78, 5) is 10.2. The van der Waals surface area contributed by atoms with Gasteiger partial charge in [0, 0.05) is 38.9 Å². The number of furan rings is 1. The van der Waals surface area contributed by atoms with E-state index >= 15 is 0 Å². The zero-order valence-electron chi connectivity index (χ0n) is 42.0. The molecule has 0 saturated carbocycles. The molecule has 2 aromatic heterocycles. The first-order chi connectivity index (χ1) is 37.8. The maximum atomic E-state index is 10.5. The fourth-order valence-corrected chi connectivity index (χ4v) is 12.3. The lowest BCUT2D eigenvalue weighted by Crippen LogP contribution is -2.57. The Bertz CT molecular complexity index is 4660. The minimum atomic E-state index is -0.728. The van der Waals surface area contributed by atoms with Gasteiger partial charge in [0.2, 0.25) is 5.96 Å². The van der Waals surface area contributed by atoms with Crippen LogP contribution in [-0.4, -0.2) is 148 Å². The van der Waals surface area contributed by atoms with Crippen LogP contribution in [0.1, 0.15) is 33.4 Å². The van der Waals surface area contributed by atoms with E-state index in [0.717, 1.165) is 55.3 Å². The summed E-state index contributed by atoms with van der Waals surface area (Å²) in [7, 11) is 106. The smallest absolute Gasteiger partial charge is 0.229 e. The van der Waals surface area contributed by atoms with E-state index in [1.165, 1.54) is 6.21 Å². The van der Waals surface area contributed by atoms with Crippen LogP contribution < -0.4 is 87.4 Å². The summed E-state index contributed by atoms with van der Waals surface area (Å²) in [5, 5.41) is 12.6. The molecular weight excluding hydrogens is 942 g/mol. The van der Waals surface area contributed by atoms with E-state index in [-0.39, 0.29) is 143 Å². The van der Waals surface area contributed by atoms with Crippen LogP contribution >= 0.6 is 0 Å². The van der Waals surface area contributed by atoms with Crippen molar-refractivity contribution in [3.63, 3.8) is 0 Å². The Balaban J connectivity index is 1.16. The van der Waals surface area contributed by atoms with E-state index in [2.05, 4.69) is 78.9 Å². The molecule has 0 saturated heterocycles. The molecule has 0 fully saturated rings. The van der Waals surface area contributed by atoms with Gasteiger partial charge in [-0.25, -0.2) is 4.99 Å². The predicted molar refractivity (Wildman–Crippen MR) is 345 cm³/mol. The summed E-state index contributed by atoms with van der Waals surface area (Å²) in [6.07, 6.45) is 1.32. The number of nitrogens with one attached hydrogen (secondary N) is 1. The average molecular weight is 962 g/mol. The number of amidine groups is 1. The molecule has 79 heavy (non-hydrogen) atoms. The molecule has 2 aliphatic carbocycles. The summed E-state index contributed by atoms with van der Waals surface area (Å²) in [6.45, 7) is 0. The number of aliphatic imine (C=N–C) groups is 2. The van der Waals surface area contributed by atoms with Crippen molar-refractivity contribution in [3.8, 4) is 33.4 Å². The Kier molecular flexibility index (Phi) is 11.7. The number of benzene rings is 9. The van der Waals surface area contributed by atoms with Crippen molar-refractivity contribution in [2.24, 2.45) is 9.98 Å². The van der Waals surface area contributed by atoms with E-state index in [1.54, 1.807) is 4.57 Å². The van der Waals surface area contributed by atoms with Crippen molar-refractivity contribution < 1.29 is 4.42 Å². The molecule has 0 unspecified atom stereocenters. The summed E-state index contributed by atoms with van der Waals surface area (Å²) in [5.74, 6) is -0.650. The van der Waals surface area contributed by atoms with Gasteiger partial charge in [0.05, 0.1) is 16.4 Å². The lowest BCUT2D eigenvalue weighted by atomic mass is 9.56. The van der Waals surface area contributed by atoms with E-state index in [9.17, 15) is 5.41 Å². The fourth-order valence-electron chi connectivity index (χ4n) is 12.3. The monoisotopic (exact) mass is 964 g/mol. The summed E-state index contributed by atoms with van der Waals surface area (Å²) in [5.41, 5.74) is 7.71. The summed E-state index contributed by atoms with van der Waals surface area (Å²) < 4.78 is 8.04. The summed E-state index contributed by atoms with van der Waals surface area (Å²) in [6, 6.07) is 37.4. The standard InChI is InChI=1S/C58H20B16N4O/c59-37-25(32-35-41(63)47(69)50(72)52(74)55(35)79-54(32)51(73)43(37)65)19-76-56(36-33(38(60)44(66)48(70)42(36)64)34-39(61)45(67)49(71)46(68)40(34)62)77-57(75)78-30-16-8-4-11-22(30)23-17-18-29-31(53(23)78)24-12-3-7-15-28(24)58(29)26-13-5-1-9-20(26)21-10-2-6-14-27(21)58/h1-19,75H/b75-57?,76-19?,77-56-. The molecule has 2 aliphatic rings. The van der Waals surface area contributed by atoms with Gasteiger partial charge in [-0.15, -0.1) is 43.7 Å². The highest BCUT2D eigenvalue weighted by Gasteiger charge is 2.52. The molecule has 0 atom stereocenters. The molecular formula is C58H20B16N4O. The van der Waals surface area contributed by atoms with Crippen LogP contribution in [0.3, 0.4) is 0 Å². The second-order valence-corrected chi connectivity index (χ2v) is 19.8. The van der Waals surface area contributed by atoms with Crippen molar-refractivity contribution in [1.82, 2.24) is 4.57 Å². The topological polar surface area (TPSA) is 66.6 Å². The molecule has 1 spiro atoms. The number of nitrogens with zero attached hydrogens (tertiary/aromatic N) is 3. The molecule has 0 aliphatic heterocycles. The first-order valence-corrected chi connectivity index (χ1v) is 24.6. The van der Waals surface area contributed by atoms with Gasteiger partial charge < -0.3 is 4.42 Å². The van der Waals surface area contributed by atoms with Gasteiger partial charge in [-0.1, -0.05) is 147 Å². The third kappa shape index (κ3) is 6.71. The van der Waals surface area contributed by atoms with Crippen LogP contribution in [0, 0.1) is 5.41 Å². The molecule has 11 aromatic rings. The fraction of sp³-hybridized carbons (Fsp3) is 0.0172. The molecule has 5 nitrogen and oxygen atoms in total. The van der Waals surface area contributed by atoms with Gasteiger partial charge in [-0.2, -0.15) is 4.99 Å². The third-order valence-corrected chi connectivity index (χ3v) is 16.0. The molecule has 21 heteroatoms. The predicted octanol–water partition coefficient (Wildman–Crippen LogP) is -5.25. The van der Waals surface area contributed by atoms with E-state index < -0.39 is 5.41 Å². The minimum absolute atomic E-state index is 0.0104. The van der Waals surface area contributed by atoms with Gasteiger partial charge >= 0.3 is 0 Å². The Hall–Kier alpha value is -7.37. The third-order valence-electron chi connectivity index (χ3n) is 16.0. The number of para-hydroxylation sites is 1. The van der Waals surface area contributed by atoms with Gasteiger partial charge in [-0.05, 0) is 61.7 Å². The number of hydrogen-bond acceptors (Lipinski definition) is 2. The average Bonchev–Trinajstić information content (AvgIpc) is 3.80. The number of fused-ring (bicyclic) bond motifs is 17. The van der Waals surface area contributed by atoms with Gasteiger partial charge in [-0.3, -0.25) is 9.98 Å². The maximum absolute atomic E-state index is 10.5. The van der Waals surface area contributed by atoms with Crippen molar-refractivity contribution >= 4 is 275 Å². The second kappa shape index (κ2) is 18.1. The largest absolute Gasteiger partial charge is 0.457 e. The number of aromatic nitrogens is 1. The summed E-state index contributed by atoms with van der Waals surface area (Å²) >= 11 is 0. The second-order valence-electron chi connectivity index (χ2n) is 19.8. The van der Waals surface area contributed by atoms with Crippen LogP contribution in [0.25, 0.3) is 77.1 Å². The Morgan fingerprint density at radius 3 is 1.51 bits per heavy atom. The Labute approximate surface area is 477 Å². The van der Waals surface area contributed by atoms with Crippen molar-refractivity contribution in [3.05, 3.63) is 143 Å². The lowest BCUT2D eigenvalue weighted by molar-refractivity contribution is 0.675.